The molecule has 9 heteroatoms. The number of morpholine rings is 1. The minimum atomic E-state index is -3.48. The summed E-state index contributed by atoms with van der Waals surface area (Å²) >= 11 is 0. The van der Waals surface area contributed by atoms with E-state index >= 15 is 0 Å². The molecule has 31 heavy (non-hydrogen) atoms. The van der Waals surface area contributed by atoms with Gasteiger partial charge in [0.25, 0.3) is 0 Å². The van der Waals surface area contributed by atoms with Crippen LogP contribution in [0.5, 0.6) is 0 Å². The summed E-state index contributed by atoms with van der Waals surface area (Å²) in [6, 6.07) is 14.4. The average molecular weight is 445 g/mol. The van der Waals surface area contributed by atoms with Crippen LogP contribution in [0.25, 0.3) is 0 Å². The van der Waals surface area contributed by atoms with Crippen LogP contribution in [-0.4, -0.2) is 64.6 Å². The van der Waals surface area contributed by atoms with Crippen LogP contribution < -0.4 is 15.5 Å². The van der Waals surface area contributed by atoms with Crippen LogP contribution in [0, 0.1) is 0 Å². The van der Waals surface area contributed by atoms with Crippen molar-refractivity contribution in [2.75, 3.05) is 61.5 Å². The molecule has 2 heterocycles. The first kappa shape index (κ1) is 21.6. The van der Waals surface area contributed by atoms with E-state index in [0.717, 1.165) is 44.8 Å². The predicted molar refractivity (Wildman–Crippen MR) is 121 cm³/mol. The molecule has 0 aromatic heterocycles. The van der Waals surface area contributed by atoms with Gasteiger partial charge in [-0.25, -0.2) is 8.42 Å². The zero-order valence-electron chi connectivity index (χ0n) is 17.4. The highest BCUT2D eigenvalue weighted by atomic mass is 32.2. The van der Waals surface area contributed by atoms with Crippen LogP contribution in [0.1, 0.15) is 12.8 Å². The molecule has 0 atom stereocenters. The lowest BCUT2D eigenvalue weighted by atomic mass is 10.2. The summed E-state index contributed by atoms with van der Waals surface area (Å²) in [6.45, 7) is 4.34. The fourth-order valence-corrected chi connectivity index (χ4v) is 5.37. The number of benzene rings is 2. The summed E-state index contributed by atoms with van der Waals surface area (Å²) < 4.78 is 32.3. The lowest BCUT2D eigenvalue weighted by Gasteiger charge is -2.28. The fourth-order valence-electron chi connectivity index (χ4n) is 3.81. The molecule has 2 aromatic carbocycles. The lowest BCUT2D eigenvalue weighted by Crippen LogP contribution is -2.36. The highest BCUT2D eigenvalue weighted by molar-refractivity contribution is 7.89. The van der Waals surface area contributed by atoms with E-state index in [4.69, 9.17) is 4.74 Å². The first-order valence-electron chi connectivity index (χ1n) is 10.6. The molecule has 2 fully saturated rings. The van der Waals surface area contributed by atoms with Crippen molar-refractivity contribution in [1.82, 2.24) is 4.31 Å². The highest BCUT2D eigenvalue weighted by Crippen LogP contribution is 2.23. The van der Waals surface area contributed by atoms with Crippen molar-refractivity contribution in [3.05, 3.63) is 48.5 Å². The van der Waals surface area contributed by atoms with E-state index in [9.17, 15) is 13.2 Å². The highest BCUT2D eigenvalue weighted by Gasteiger charge is 2.27. The Balaban J connectivity index is 1.31. The molecule has 0 unspecified atom stereocenters. The number of nitrogens with one attached hydrogen (secondary N) is 2. The van der Waals surface area contributed by atoms with Crippen molar-refractivity contribution < 1.29 is 17.9 Å². The Morgan fingerprint density at radius 3 is 2.35 bits per heavy atom. The lowest BCUT2D eigenvalue weighted by molar-refractivity contribution is -0.114. The number of anilines is 3. The number of amides is 1. The summed E-state index contributed by atoms with van der Waals surface area (Å²) in [5.74, 6) is -0.202. The molecule has 8 nitrogen and oxygen atoms in total. The van der Waals surface area contributed by atoms with E-state index in [-0.39, 0.29) is 17.3 Å². The van der Waals surface area contributed by atoms with Crippen molar-refractivity contribution in [2.24, 2.45) is 0 Å². The molecule has 2 N–H and O–H groups in total. The van der Waals surface area contributed by atoms with E-state index < -0.39 is 10.0 Å². The monoisotopic (exact) mass is 444 g/mol. The van der Waals surface area contributed by atoms with Crippen molar-refractivity contribution in [1.29, 1.82) is 0 Å². The Hall–Kier alpha value is -2.62. The summed E-state index contributed by atoms with van der Waals surface area (Å²) in [5.41, 5.74) is 2.42. The van der Waals surface area contributed by atoms with E-state index in [1.54, 1.807) is 24.3 Å². The maximum Gasteiger partial charge on any atom is 0.243 e. The normalized spacial score (nSPS) is 17.5. The first-order chi connectivity index (χ1) is 15.0. The van der Waals surface area contributed by atoms with Gasteiger partial charge in [-0.1, -0.05) is 6.07 Å². The van der Waals surface area contributed by atoms with E-state index in [2.05, 4.69) is 15.5 Å². The number of sulfonamides is 1. The van der Waals surface area contributed by atoms with Gasteiger partial charge in [0.05, 0.1) is 24.7 Å². The second-order valence-electron chi connectivity index (χ2n) is 7.69. The number of nitrogens with zero attached hydrogens (tertiary/aromatic N) is 2. The molecule has 2 saturated heterocycles. The van der Waals surface area contributed by atoms with Crippen molar-refractivity contribution >= 4 is 33.0 Å². The quantitative estimate of drug-likeness (QED) is 0.681. The fraction of sp³-hybridized carbons (Fsp3) is 0.409. The standard InChI is InChI=1S/C22H28N4O4S/c27-22(24-18-6-8-20(9-7-18)25-12-14-30-15-13-25)17-23-19-4-3-5-21(16-19)31(28,29)26-10-1-2-11-26/h3-9,16,23H,1-2,10-15,17H2,(H,24,27). The van der Waals surface area contributed by atoms with Crippen LogP contribution in [0.15, 0.2) is 53.4 Å². The minimum Gasteiger partial charge on any atom is -0.378 e. The molecular formula is C22H28N4O4S. The number of hydrogen-bond donors (Lipinski definition) is 2. The van der Waals surface area contributed by atoms with Gasteiger partial charge >= 0.3 is 0 Å². The van der Waals surface area contributed by atoms with Gasteiger partial charge in [0, 0.05) is 43.2 Å². The van der Waals surface area contributed by atoms with Crippen LogP contribution in [0.2, 0.25) is 0 Å². The van der Waals surface area contributed by atoms with E-state index in [1.807, 2.05) is 24.3 Å². The number of ether oxygens (including phenoxy) is 1. The Labute approximate surface area is 183 Å². The second-order valence-corrected chi connectivity index (χ2v) is 9.62. The third-order valence-electron chi connectivity index (χ3n) is 5.52. The smallest absolute Gasteiger partial charge is 0.243 e. The molecule has 2 aliphatic heterocycles. The maximum atomic E-state index is 12.7. The zero-order valence-corrected chi connectivity index (χ0v) is 18.2. The minimum absolute atomic E-state index is 0.0401. The second kappa shape index (κ2) is 9.67. The number of hydrogen-bond acceptors (Lipinski definition) is 6. The molecule has 4 rings (SSSR count). The van der Waals surface area contributed by atoms with E-state index in [0.29, 0.717) is 24.5 Å². The van der Waals surface area contributed by atoms with Crippen LogP contribution in [-0.2, 0) is 19.6 Å². The van der Waals surface area contributed by atoms with Gasteiger partial charge in [-0.2, -0.15) is 4.31 Å². The van der Waals surface area contributed by atoms with Gasteiger partial charge in [0.2, 0.25) is 15.9 Å². The summed E-state index contributed by atoms with van der Waals surface area (Å²) in [4.78, 5) is 14.8. The third-order valence-corrected chi connectivity index (χ3v) is 7.41. The van der Waals surface area contributed by atoms with Crippen LogP contribution >= 0.6 is 0 Å². The SMILES string of the molecule is O=C(CNc1cccc(S(=O)(=O)N2CCCC2)c1)Nc1ccc(N2CCOCC2)cc1. The van der Waals surface area contributed by atoms with Gasteiger partial charge in [0.1, 0.15) is 0 Å². The van der Waals surface area contributed by atoms with E-state index in [1.165, 1.54) is 4.31 Å². The van der Waals surface area contributed by atoms with Crippen molar-refractivity contribution in [2.45, 2.75) is 17.7 Å². The van der Waals surface area contributed by atoms with Crippen LogP contribution in [0.3, 0.4) is 0 Å². The molecule has 1 amide bonds. The summed E-state index contributed by atoms with van der Waals surface area (Å²) in [7, 11) is -3.48. The largest absolute Gasteiger partial charge is 0.378 e. The zero-order chi connectivity index (χ0) is 21.7. The predicted octanol–water partition coefficient (Wildman–Crippen LogP) is 2.36. The van der Waals surface area contributed by atoms with Crippen molar-refractivity contribution in [3.8, 4) is 0 Å². The molecule has 0 saturated carbocycles. The third kappa shape index (κ3) is 5.36. The molecule has 0 bridgehead atoms. The Morgan fingerprint density at radius 1 is 0.935 bits per heavy atom. The number of carbonyl (C=O) groups is 1. The topological polar surface area (TPSA) is 91.0 Å². The molecular weight excluding hydrogens is 416 g/mol. The first-order valence-corrected chi connectivity index (χ1v) is 12.0. The Morgan fingerprint density at radius 2 is 1.65 bits per heavy atom. The molecule has 0 aliphatic carbocycles. The number of rotatable bonds is 7. The molecule has 2 aromatic rings. The van der Waals surface area contributed by atoms with Gasteiger partial charge in [-0.3, -0.25) is 4.79 Å². The van der Waals surface area contributed by atoms with Crippen LogP contribution in [0.4, 0.5) is 17.1 Å². The number of carbonyl (C=O) groups excluding carboxylic acids is 1. The maximum absolute atomic E-state index is 12.7. The van der Waals surface area contributed by atoms with Gasteiger partial charge in [-0.15, -0.1) is 0 Å². The van der Waals surface area contributed by atoms with Gasteiger partial charge in [-0.05, 0) is 55.3 Å². The summed E-state index contributed by atoms with van der Waals surface area (Å²) in [6.07, 6.45) is 1.79. The molecule has 166 valence electrons. The molecule has 2 aliphatic rings. The van der Waals surface area contributed by atoms with Gasteiger partial charge < -0.3 is 20.3 Å². The van der Waals surface area contributed by atoms with Crippen molar-refractivity contribution in [3.63, 3.8) is 0 Å². The Kier molecular flexibility index (Phi) is 6.74. The summed E-state index contributed by atoms with van der Waals surface area (Å²) in [5, 5.41) is 5.87. The van der Waals surface area contributed by atoms with Gasteiger partial charge in [0.15, 0.2) is 0 Å². The molecule has 0 spiro atoms. The Bertz CT molecular complexity index is 998. The molecule has 0 radical (unpaired) electrons. The average Bonchev–Trinajstić information content (AvgIpc) is 3.35.